The summed E-state index contributed by atoms with van der Waals surface area (Å²) in [5.74, 6) is 0.644. The maximum absolute atomic E-state index is 10.9. The minimum Gasteiger partial charge on any atom is -0.392 e. The van der Waals surface area contributed by atoms with E-state index in [-0.39, 0.29) is 11.5 Å². The van der Waals surface area contributed by atoms with Gasteiger partial charge in [-0.25, -0.2) is 0 Å². The Morgan fingerprint density at radius 2 is 2.29 bits per heavy atom. The second-order valence-electron chi connectivity index (χ2n) is 5.89. The number of carbonyl (C=O) groups excluding carboxylic acids is 1. The first kappa shape index (κ1) is 12.6. The molecule has 94 valence electrons. The van der Waals surface area contributed by atoms with Gasteiger partial charge in [-0.15, -0.1) is 0 Å². The number of aliphatic hydroxyl groups excluding tert-OH is 1. The quantitative estimate of drug-likeness (QED) is 0.453. The molecule has 2 rings (SSSR count). The van der Waals surface area contributed by atoms with Gasteiger partial charge in [-0.2, -0.15) is 0 Å². The molecule has 0 spiro atoms. The first-order valence-electron chi connectivity index (χ1n) is 6.48. The van der Waals surface area contributed by atoms with Gasteiger partial charge in [-0.3, -0.25) is 4.79 Å². The van der Waals surface area contributed by atoms with Crippen molar-refractivity contribution >= 4 is 6.29 Å². The van der Waals surface area contributed by atoms with Crippen LogP contribution in [0.4, 0.5) is 0 Å². The number of rotatable bonds is 2. The van der Waals surface area contributed by atoms with E-state index in [9.17, 15) is 9.90 Å². The van der Waals surface area contributed by atoms with Crippen molar-refractivity contribution in [2.75, 3.05) is 0 Å². The fourth-order valence-electron chi connectivity index (χ4n) is 3.64. The van der Waals surface area contributed by atoms with Crippen molar-refractivity contribution in [3.8, 4) is 0 Å². The van der Waals surface area contributed by atoms with Crippen LogP contribution in [0.3, 0.4) is 0 Å². The third-order valence-corrected chi connectivity index (χ3v) is 5.02. The molecule has 17 heavy (non-hydrogen) atoms. The molecule has 0 aromatic carbocycles. The van der Waals surface area contributed by atoms with Crippen molar-refractivity contribution in [1.29, 1.82) is 0 Å². The molecule has 0 unspecified atom stereocenters. The SMILES string of the molecule is C=C(C=O)[C@@H]1CC[C@H]2[C@@H](O)CC=C(C)[C@]2(C)C1. The third kappa shape index (κ3) is 1.99. The molecular formula is C15H22O2. The Morgan fingerprint density at radius 3 is 2.94 bits per heavy atom. The average molecular weight is 234 g/mol. The van der Waals surface area contributed by atoms with Crippen LogP contribution < -0.4 is 0 Å². The van der Waals surface area contributed by atoms with Gasteiger partial charge >= 0.3 is 0 Å². The van der Waals surface area contributed by atoms with Crippen molar-refractivity contribution in [2.45, 2.75) is 45.6 Å². The number of fused-ring (bicyclic) bond motifs is 1. The maximum atomic E-state index is 10.9. The van der Waals surface area contributed by atoms with Crippen molar-refractivity contribution in [3.63, 3.8) is 0 Å². The molecule has 2 aliphatic carbocycles. The van der Waals surface area contributed by atoms with Crippen LogP contribution in [0.25, 0.3) is 0 Å². The number of aldehydes is 1. The van der Waals surface area contributed by atoms with E-state index in [1.165, 1.54) is 5.57 Å². The Labute approximate surface area is 103 Å². The normalized spacial score (nSPS) is 41.4. The summed E-state index contributed by atoms with van der Waals surface area (Å²) in [4.78, 5) is 10.9. The van der Waals surface area contributed by atoms with Crippen molar-refractivity contribution in [2.24, 2.45) is 17.3 Å². The topological polar surface area (TPSA) is 37.3 Å². The fraction of sp³-hybridized carbons (Fsp3) is 0.667. The molecule has 0 aromatic rings. The monoisotopic (exact) mass is 234 g/mol. The summed E-state index contributed by atoms with van der Waals surface area (Å²) in [6.45, 7) is 8.25. The van der Waals surface area contributed by atoms with Gasteiger partial charge in [-0.05, 0) is 55.4 Å². The highest BCUT2D eigenvalue weighted by molar-refractivity contribution is 5.72. The van der Waals surface area contributed by atoms with Gasteiger partial charge in [0.1, 0.15) is 6.29 Å². The van der Waals surface area contributed by atoms with Crippen LogP contribution in [0.5, 0.6) is 0 Å². The van der Waals surface area contributed by atoms with E-state index >= 15 is 0 Å². The summed E-state index contributed by atoms with van der Waals surface area (Å²) < 4.78 is 0. The van der Waals surface area contributed by atoms with Gasteiger partial charge in [0, 0.05) is 0 Å². The van der Waals surface area contributed by atoms with Gasteiger partial charge < -0.3 is 5.11 Å². The van der Waals surface area contributed by atoms with Crippen molar-refractivity contribution in [1.82, 2.24) is 0 Å². The number of aliphatic hydroxyl groups is 1. The van der Waals surface area contributed by atoms with Crippen LogP contribution in [0.15, 0.2) is 23.8 Å². The molecule has 1 saturated carbocycles. The highest BCUT2D eigenvalue weighted by Gasteiger charge is 2.46. The standard InChI is InChI=1S/C15H22O2/c1-10(9-16)12-5-6-13-14(17)7-4-11(2)15(13,3)8-12/h4,9,12-14,17H,1,5-8H2,2-3H3/t12-,13+,14+,15+/m1/s1. The predicted molar refractivity (Wildman–Crippen MR) is 68.5 cm³/mol. The van der Waals surface area contributed by atoms with Gasteiger partial charge in [0.2, 0.25) is 0 Å². The van der Waals surface area contributed by atoms with E-state index in [4.69, 9.17) is 0 Å². The van der Waals surface area contributed by atoms with Crippen LogP contribution in [0.2, 0.25) is 0 Å². The first-order valence-corrected chi connectivity index (χ1v) is 6.48. The Bertz CT molecular complexity index is 369. The van der Waals surface area contributed by atoms with E-state index in [0.29, 0.717) is 11.8 Å². The van der Waals surface area contributed by atoms with E-state index in [0.717, 1.165) is 37.5 Å². The van der Waals surface area contributed by atoms with Crippen LogP contribution in [-0.4, -0.2) is 17.5 Å². The molecule has 0 saturated heterocycles. The smallest absolute Gasteiger partial charge is 0.145 e. The molecule has 2 aliphatic rings. The Morgan fingerprint density at radius 1 is 1.59 bits per heavy atom. The molecule has 0 radical (unpaired) electrons. The second-order valence-corrected chi connectivity index (χ2v) is 5.89. The molecule has 1 fully saturated rings. The molecule has 0 heterocycles. The van der Waals surface area contributed by atoms with Crippen molar-refractivity contribution in [3.05, 3.63) is 23.8 Å². The highest BCUT2D eigenvalue weighted by Crippen LogP contribution is 2.53. The maximum Gasteiger partial charge on any atom is 0.145 e. The number of hydrogen-bond donors (Lipinski definition) is 1. The van der Waals surface area contributed by atoms with E-state index in [1.807, 2.05) is 0 Å². The minimum atomic E-state index is -0.214. The largest absolute Gasteiger partial charge is 0.392 e. The zero-order valence-electron chi connectivity index (χ0n) is 10.8. The summed E-state index contributed by atoms with van der Waals surface area (Å²) in [5.41, 5.74) is 2.14. The molecule has 0 aliphatic heterocycles. The van der Waals surface area contributed by atoms with E-state index in [2.05, 4.69) is 26.5 Å². The molecule has 1 N–H and O–H groups in total. The molecule has 2 nitrogen and oxygen atoms in total. The van der Waals surface area contributed by atoms with Crippen molar-refractivity contribution < 1.29 is 9.90 Å². The summed E-state index contributed by atoms with van der Waals surface area (Å²) >= 11 is 0. The summed E-state index contributed by atoms with van der Waals surface area (Å²) in [6, 6.07) is 0. The van der Waals surface area contributed by atoms with Crippen LogP contribution >= 0.6 is 0 Å². The lowest BCUT2D eigenvalue weighted by atomic mass is 9.56. The van der Waals surface area contributed by atoms with Gasteiger partial charge in [0.25, 0.3) is 0 Å². The van der Waals surface area contributed by atoms with E-state index in [1.54, 1.807) is 0 Å². The minimum absolute atomic E-state index is 0.0481. The Kier molecular flexibility index (Phi) is 3.26. The summed E-state index contributed by atoms with van der Waals surface area (Å²) in [7, 11) is 0. The zero-order chi connectivity index (χ0) is 12.6. The number of allylic oxidation sites excluding steroid dienone is 2. The molecule has 0 amide bonds. The number of hydrogen-bond acceptors (Lipinski definition) is 2. The lowest BCUT2D eigenvalue weighted by Gasteiger charge is -2.50. The van der Waals surface area contributed by atoms with Gasteiger partial charge in [0.15, 0.2) is 0 Å². The predicted octanol–water partition coefficient (Wildman–Crippen LogP) is 2.88. The van der Waals surface area contributed by atoms with Gasteiger partial charge in [0.05, 0.1) is 6.10 Å². The lowest BCUT2D eigenvalue weighted by Crippen LogP contribution is -2.44. The lowest BCUT2D eigenvalue weighted by molar-refractivity contribution is -0.105. The van der Waals surface area contributed by atoms with E-state index < -0.39 is 0 Å². The molecule has 0 bridgehead atoms. The fourth-order valence-corrected chi connectivity index (χ4v) is 3.64. The zero-order valence-corrected chi connectivity index (χ0v) is 10.8. The first-order chi connectivity index (χ1) is 7.99. The van der Waals surface area contributed by atoms with Crippen LogP contribution in [-0.2, 0) is 4.79 Å². The molecule has 0 aromatic heterocycles. The third-order valence-electron chi connectivity index (χ3n) is 5.02. The molecular weight excluding hydrogens is 212 g/mol. The Balaban J connectivity index is 2.26. The average Bonchev–Trinajstić information content (AvgIpc) is 2.32. The Hall–Kier alpha value is -0.890. The summed E-state index contributed by atoms with van der Waals surface area (Å²) in [5, 5.41) is 10.1. The van der Waals surface area contributed by atoms with Crippen LogP contribution in [0, 0.1) is 17.3 Å². The molecule has 2 heteroatoms. The molecule has 4 atom stereocenters. The number of carbonyl (C=O) groups is 1. The highest BCUT2D eigenvalue weighted by atomic mass is 16.3. The summed E-state index contributed by atoms with van der Waals surface area (Å²) in [6.07, 6.45) is 6.57. The van der Waals surface area contributed by atoms with Crippen LogP contribution in [0.1, 0.15) is 39.5 Å². The second kappa shape index (κ2) is 4.41. The van der Waals surface area contributed by atoms with Gasteiger partial charge in [-0.1, -0.05) is 25.2 Å².